The minimum atomic E-state index is -0.452. The van der Waals surface area contributed by atoms with Gasteiger partial charge in [0.15, 0.2) is 0 Å². The molecule has 1 aromatic heterocycles. The highest BCUT2D eigenvalue weighted by Crippen LogP contribution is 2.45. The molecule has 2 saturated carbocycles. The molecule has 110 valence electrons. The summed E-state index contributed by atoms with van der Waals surface area (Å²) in [5, 5.41) is 9.66. The molecule has 6 nitrogen and oxygen atoms in total. The third-order valence-electron chi connectivity index (χ3n) is 4.83. The van der Waals surface area contributed by atoms with E-state index in [0.717, 1.165) is 25.7 Å². The van der Waals surface area contributed by atoms with E-state index in [9.17, 15) is 14.7 Å². The van der Waals surface area contributed by atoms with E-state index in [1.807, 2.05) is 7.05 Å². The van der Waals surface area contributed by atoms with Crippen molar-refractivity contribution in [1.29, 1.82) is 0 Å². The SMILES string of the molecule is CN(Cc1cc(=O)[nH]c(=O)[nH]1)C1C[C@H]2CC(O)C[C@H]2C1. The van der Waals surface area contributed by atoms with E-state index in [4.69, 9.17) is 0 Å². The van der Waals surface area contributed by atoms with Crippen molar-refractivity contribution in [3.8, 4) is 0 Å². The van der Waals surface area contributed by atoms with Gasteiger partial charge in [-0.05, 0) is 44.6 Å². The van der Waals surface area contributed by atoms with Crippen LogP contribution in [0.3, 0.4) is 0 Å². The summed E-state index contributed by atoms with van der Waals surface area (Å²) in [5.74, 6) is 1.27. The summed E-state index contributed by atoms with van der Waals surface area (Å²) in [7, 11) is 2.03. The van der Waals surface area contributed by atoms with Gasteiger partial charge in [-0.3, -0.25) is 14.7 Å². The highest BCUT2D eigenvalue weighted by molar-refractivity contribution is 5.00. The second-order valence-corrected chi connectivity index (χ2v) is 6.30. The second-order valence-electron chi connectivity index (χ2n) is 6.30. The van der Waals surface area contributed by atoms with Crippen LogP contribution in [0, 0.1) is 11.8 Å². The minimum absolute atomic E-state index is 0.111. The molecule has 3 N–H and O–H groups in total. The van der Waals surface area contributed by atoms with E-state index in [1.165, 1.54) is 6.07 Å². The van der Waals surface area contributed by atoms with Gasteiger partial charge in [0.05, 0.1) is 6.10 Å². The maximum atomic E-state index is 11.3. The Morgan fingerprint density at radius 2 is 1.85 bits per heavy atom. The van der Waals surface area contributed by atoms with Crippen molar-refractivity contribution in [3.05, 3.63) is 32.6 Å². The van der Waals surface area contributed by atoms with Gasteiger partial charge in [0.2, 0.25) is 0 Å². The molecule has 6 heteroatoms. The first kappa shape index (κ1) is 13.6. The zero-order chi connectivity index (χ0) is 14.3. The summed E-state index contributed by atoms with van der Waals surface area (Å²) in [5.41, 5.74) is -0.158. The van der Waals surface area contributed by atoms with Crippen molar-refractivity contribution in [3.63, 3.8) is 0 Å². The standard InChI is InChI=1S/C14H21N3O3/c1-17(7-10-6-13(19)16-14(20)15-10)11-2-8-4-12(18)5-9(8)3-11/h6,8-9,11-12,18H,2-5,7H2,1H3,(H2,15,16,19,20)/t8-,9+,11?,12?. The van der Waals surface area contributed by atoms with Crippen molar-refractivity contribution in [2.75, 3.05) is 7.05 Å². The smallest absolute Gasteiger partial charge is 0.325 e. The third kappa shape index (κ3) is 2.71. The molecule has 2 unspecified atom stereocenters. The Labute approximate surface area is 116 Å². The Kier molecular flexibility index (Phi) is 3.52. The first-order valence-electron chi connectivity index (χ1n) is 7.22. The van der Waals surface area contributed by atoms with Crippen LogP contribution in [0.15, 0.2) is 15.7 Å². The van der Waals surface area contributed by atoms with E-state index in [-0.39, 0.29) is 11.7 Å². The van der Waals surface area contributed by atoms with Crippen molar-refractivity contribution < 1.29 is 5.11 Å². The number of rotatable bonds is 3. The van der Waals surface area contributed by atoms with E-state index in [0.29, 0.717) is 30.1 Å². The zero-order valence-electron chi connectivity index (χ0n) is 11.6. The van der Waals surface area contributed by atoms with E-state index in [1.54, 1.807) is 0 Å². The lowest BCUT2D eigenvalue weighted by atomic mass is 10.0. The Bertz CT molecular complexity index is 552. The number of hydrogen-bond donors (Lipinski definition) is 3. The lowest BCUT2D eigenvalue weighted by molar-refractivity contribution is 0.157. The molecule has 4 atom stereocenters. The Morgan fingerprint density at radius 3 is 2.45 bits per heavy atom. The first-order valence-corrected chi connectivity index (χ1v) is 7.22. The van der Waals surface area contributed by atoms with Gasteiger partial charge in [-0.15, -0.1) is 0 Å². The number of H-pyrrole nitrogens is 2. The maximum absolute atomic E-state index is 11.3. The molecule has 0 radical (unpaired) electrons. The van der Waals surface area contributed by atoms with Crippen molar-refractivity contribution in [1.82, 2.24) is 14.9 Å². The second kappa shape index (κ2) is 5.18. The zero-order valence-corrected chi connectivity index (χ0v) is 11.6. The molecule has 2 aliphatic rings. The molecule has 1 heterocycles. The number of aliphatic hydroxyl groups excluding tert-OH is 1. The van der Waals surface area contributed by atoms with Crippen LogP contribution in [0.5, 0.6) is 0 Å². The number of aromatic nitrogens is 2. The van der Waals surface area contributed by atoms with Crippen LogP contribution >= 0.6 is 0 Å². The van der Waals surface area contributed by atoms with Gasteiger partial charge >= 0.3 is 5.69 Å². The first-order chi connectivity index (χ1) is 9.51. The van der Waals surface area contributed by atoms with Gasteiger partial charge in [0.1, 0.15) is 0 Å². The molecule has 0 aromatic carbocycles. The molecule has 3 rings (SSSR count). The van der Waals surface area contributed by atoms with Gasteiger partial charge in [0.25, 0.3) is 5.56 Å². The number of hydrogen-bond acceptors (Lipinski definition) is 4. The van der Waals surface area contributed by atoms with Crippen LogP contribution < -0.4 is 11.2 Å². The Morgan fingerprint density at radius 1 is 1.20 bits per heavy atom. The summed E-state index contributed by atoms with van der Waals surface area (Å²) >= 11 is 0. The van der Waals surface area contributed by atoms with Crippen LogP contribution in [0.2, 0.25) is 0 Å². The Hall–Kier alpha value is -1.40. The van der Waals surface area contributed by atoms with Crippen LogP contribution in [0.1, 0.15) is 31.4 Å². The van der Waals surface area contributed by atoms with E-state index in [2.05, 4.69) is 14.9 Å². The molecule has 0 aliphatic heterocycles. The normalized spacial score (nSPS) is 32.8. The predicted octanol–water partition coefficient (Wildman–Crippen LogP) is 0.0445. The lowest BCUT2D eigenvalue weighted by Gasteiger charge is -2.25. The fourth-order valence-electron chi connectivity index (χ4n) is 3.91. The average molecular weight is 279 g/mol. The van der Waals surface area contributed by atoms with Crippen molar-refractivity contribution in [2.45, 2.75) is 44.4 Å². The van der Waals surface area contributed by atoms with Gasteiger partial charge < -0.3 is 10.1 Å². The number of aliphatic hydroxyl groups is 1. The number of nitrogens with one attached hydrogen (secondary N) is 2. The molecule has 0 amide bonds. The quantitative estimate of drug-likeness (QED) is 0.729. The molecule has 2 fully saturated rings. The van der Waals surface area contributed by atoms with Crippen molar-refractivity contribution in [2.24, 2.45) is 11.8 Å². The molecule has 0 bridgehead atoms. The molecular formula is C14H21N3O3. The molecule has 1 aromatic rings. The third-order valence-corrected chi connectivity index (χ3v) is 4.83. The van der Waals surface area contributed by atoms with Crippen LogP contribution in [-0.4, -0.2) is 39.2 Å². The molecule has 20 heavy (non-hydrogen) atoms. The highest BCUT2D eigenvalue weighted by Gasteiger charge is 2.42. The van der Waals surface area contributed by atoms with E-state index >= 15 is 0 Å². The highest BCUT2D eigenvalue weighted by atomic mass is 16.3. The molecule has 2 aliphatic carbocycles. The van der Waals surface area contributed by atoms with Gasteiger partial charge in [-0.1, -0.05) is 0 Å². The van der Waals surface area contributed by atoms with Gasteiger partial charge in [-0.25, -0.2) is 4.79 Å². The van der Waals surface area contributed by atoms with Crippen LogP contribution in [0.25, 0.3) is 0 Å². The molecule has 0 spiro atoms. The van der Waals surface area contributed by atoms with Gasteiger partial charge in [0, 0.05) is 24.3 Å². The van der Waals surface area contributed by atoms with Crippen molar-refractivity contribution >= 4 is 0 Å². The number of fused-ring (bicyclic) bond motifs is 1. The largest absolute Gasteiger partial charge is 0.393 e. The summed E-state index contributed by atoms with van der Waals surface area (Å²) in [4.78, 5) is 29.6. The maximum Gasteiger partial charge on any atom is 0.325 e. The summed E-state index contributed by atoms with van der Waals surface area (Å²) in [6.45, 7) is 0.575. The summed E-state index contributed by atoms with van der Waals surface area (Å²) in [6, 6.07) is 1.91. The lowest BCUT2D eigenvalue weighted by Crippen LogP contribution is -2.32. The monoisotopic (exact) mass is 279 g/mol. The van der Waals surface area contributed by atoms with Crippen LogP contribution in [-0.2, 0) is 6.54 Å². The topological polar surface area (TPSA) is 89.2 Å². The number of nitrogens with zero attached hydrogens (tertiary/aromatic N) is 1. The molecule has 0 saturated heterocycles. The number of aromatic amines is 2. The Balaban J connectivity index is 1.64. The summed E-state index contributed by atoms with van der Waals surface area (Å²) in [6.07, 6.45) is 3.95. The summed E-state index contributed by atoms with van der Waals surface area (Å²) < 4.78 is 0. The average Bonchev–Trinajstić information content (AvgIpc) is 2.84. The van der Waals surface area contributed by atoms with E-state index < -0.39 is 5.69 Å². The fourth-order valence-corrected chi connectivity index (χ4v) is 3.91. The predicted molar refractivity (Wildman–Crippen MR) is 74.4 cm³/mol. The van der Waals surface area contributed by atoms with Crippen LogP contribution in [0.4, 0.5) is 0 Å². The van der Waals surface area contributed by atoms with Gasteiger partial charge in [-0.2, -0.15) is 0 Å². The minimum Gasteiger partial charge on any atom is -0.393 e. The molecular weight excluding hydrogens is 258 g/mol. The fraction of sp³-hybridized carbons (Fsp3) is 0.714.